The average Bonchev–Trinajstić information content (AvgIpc) is 2.84. The van der Waals surface area contributed by atoms with Crippen LogP contribution in [0.25, 0.3) is 0 Å². The van der Waals surface area contributed by atoms with Crippen LogP contribution in [-0.4, -0.2) is 79.9 Å². The molecule has 12 nitrogen and oxygen atoms in total. The number of ketones is 4. The third-order valence-electron chi connectivity index (χ3n) is 7.85. The van der Waals surface area contributed by atoms with Gasteiger partial charge in [0.15, 0.2) is 34.7 Å². The first-order valence-corrected chi connectivity index (χ1v) is 11.8. The number of primary amides is 1. The number of phenolic OH excluding ortho intramolecular Hbond substituents is 1. The van der Waals surface area contributed by atoms with E-state index in [1.165, 1.54) is 37.6 Å². The van der Waals surface area contributed by atoms with Crippen molar-refractivity contribution in [2.24, 2.45) is 29.4 Å². The van der Waals surface area contributed by atoms with Crippen LogP contribution in [0.5, 0.6) is 5.75 Å². The number of hydrogen-bond donors (Lipinski definition) is 4. The Morgan fingerprint density at radius 2 is 1.95 bits per heavy atom. The number of rotatable bonds is 4. The summed E-state index contributed by atoms with van der Waals surface area (Å²) in [6, 6.07) is 1.22. The molecule has 3 aliphatic carbocycles. The molecule has 1 heterocycles. The highest BCUT2D eigenvalue weighted by Crippen LogP contribution is 2.51. The molecule has 1 aromatic heterocycles. The largest absolute Gasteiger partial charge is 0.505 e. The summed E-state index contributed by atoms with van der Waals surface area (Å²) in [5.74, 6) is -12.8. The Morgan fingerprint density at radius 1 is 1.24 bits per heavy atom. The zero-order valence-electron chi connectivity index (χ0n) is 20.3. The van der Waals surface area contributed by atoms with Crippen LogP contribution in [0.2, 0.25) is 0 Å². The van der Waals surface area contributed by atoms with Gasteiger partial charge in [0.25, 0.3) is 0 Å². The van der Waals surface area contributed by atoms with Crippen LogP contribution in [0.1, 0.15) is 22.3 Å². The number of hydrogen-bond acceptors (Lipinski definition) is 11. The molecule has 2 saturated carbocycles. The van der Waals surface area contributed by atoms with Gasteiger partial charge in [-0.15, -0.1) is 0 Å². The van der Waals surface area contributed by atoms with Crippen molar-refractivity contribution in [2.45, 2.75) is 24.5 Å². The van der Waals surface area contributed by atoms with Gasteiger partial charge < -0.3 is 21.3 Å². The lowest BCUT2D eigenvalue weighted by Crippen LogP contribution is -2.74. The van der Waals surface area contributed by atoms with Gasteiger partial charge in [-0.05, 0) is 38.9 Å². The molecule has 0 bridgehead atoms. The fourth-order valence-electron chi connectivity index (χ4n) is 6.22. The van der Waals surface area contributed by atoms with Gasteiger partial charge >= 0.3 is 0 Å². The molecule has 6 atom stereocenters. The second kappa shape index (κ2) is 8.74. The number of aromatic nitrogens is 2. The fraction of sp³-hybridized carbons (Fsp3) is 0.400. The second-order valence-corrected chi connectivity index (χ2v) is 10.1. The van der Waals surface area contributed by atoms with Gasteiger partial charge in [-0.3, -0.25) is 28.9 Å². The Kier molecular flexibility index (Phi) is 5.87. The lowest BCUT2D eigenvalue weighted by Gasteiger charge is -2.52. The Bertz CT molecular complexity index is 1410. The first-order valence-electron chi connectivity index (χ1n) is 11.8. The number of phenols is 1. The lowest BCUT2D eigenvalue weighted by atomic mass is 9.52. The molecule has 2 unspecified atom stereocenters. The summed E-state index contributed by atoms with van der Waals surface area (Å²) in [5, 5.41) is 25.2. The summed E-state index contributed by atoms with van der Waals surface area (Å²) in [6.07, 6.45) is 2.29. The minimum absolute atomic E-state index is 0.120. The Balaban J connectivity index is 1.61. The summed E-state index contributed by atoms with van der Waals surface area (Å²) in [5.41, 5.74) is 1.69. The molecule has 1 amide bonds. The topological polar surface area (TPSA) is 193 Å². The maximum Gasteiger partial charge on any atom is 0.235 e. The summed E-state index contributed by atoms with van der Waals surface area (Å²) in [4.78, 5) is 74.9. The van der Waals surface area contributed by atoms with Crippen molar-refractivity contribution < 1.29 is 38.6 Å². The van der Waals surface area contributed by atoms with Crippen LogP contribution < -0.4 is 11.1 Å². The molecular formula is C25H24FN5O7. The standard InChI is InChI=1S/C25H24FN5O7/c1-31(2)18-11-6-9-5-10-12(26)7-13(30-14-3-4-28-8-29-14)19(32)16(10)20(33)15(9)22(35)25(11,38)23(36)17(21(18)34)24(27)37/h3-4,7-9,11,15,17-18,32,38H,5-6H2,1-2H3,(H2,27,37)(H,28,29,30)/t9-,11-,15?,17?,18-,25-/m0/s1. The number of nitrogens with zero attached hydrogens (tertiary/aromatic N) is 3. The predicted octanol–water partition coefficient (Wildman–Crippen LogP) is -0.460. The number of fused-ring (bicyclic) bond motifs is 3. The molecule has 0 saturated heterocycles. The summed E-state index contributed by atoms with van der Waals surface area (Å²) in [7, 11) is 2.97. The highest BCUT2D eigenvalue weighted by Gasteiger charge is 2.69. The number of aliphatic hydroxyl groups is 1. The van der Waals surface area contributed by atoms with E-state index >= 15 is 4.39 Å². The van der Waals surface area contributed by atoms with E-state index < -0.39 is 81.5 Å². The van der Waals surface area contributed by atoms with Crippen molar-refractivity contribution in [3.63, 3.8) is 0 Å². The smallest absolute Gasteiger partial charge is 0.235 e. The molecule has 5 rings (SSSR count). The second-order valence-electron chi connectivity index (χ2n) is 10.1. The molecule has 38 heavy (non-hydrogen) atoms. The van der Waals surface area contributed by atoms with Gasteiger partial charge in [0, 0.05) is 23.7 Å². The van der Waals surface area contributed by atoms with E-state index in [-0.39, 0.29) is 29.9 Å². The molecule has 2 aromatic rings. The van der Waals surface area contributed by atoms with Gasteiger partial charge in [-0.1, -0.05) is 0 Å². The van der Waals surface area contributed by atoms with Crippen molar-refractivity contribution in [1.29, 1.82) is 0 Å². The van der Waals surface area contributed by atoms with Gasteiger partial charge in [0.2, 0.25) is 5.91 Å². The summed E-state index contributed by atoms with van der Waals surface area (Å²) in [6.45, 7) is 0. The lowest BCUT2D eigenvalue weighted by molar-refractivity contribution is -0.181. The van der Waals surface area contributed by atoms with E-state index in [1.54, 1.807) is 0 Å². The predicted molar refractivity (Wildman–Crippen MR) is 127 cm³/mol. The number of amides is 1. The molecule has 1 aromatic carbocycles. The van der Waals surface area contributed by atoms with Gasteiger partial charge in [0.05, 0.1) is 23.2 Å². The van der Waals surface area contributed by atoms with Crippen molar-refractivity contribution in [2.75, 3.05) is 19.4 Å². The molecule has 0 radical (unpaired) electrons. The van der Waals surface area contributed by atoms with Crippen LogP contribution in [0.15, 0.2) is 24.7 Å². The van der Waals surface area contributed by atoms with E-state index in [1.807, 2.05) is 0 Å². The van der Waals surface area contributed by atoms with E-state index in [4.69, 9.17) is 5.73 Å². The third-order valence-corrected chi connectivity index (χ3v) is 7.85. The monoisotopic (exact) mass is 525 g/mol. The zero-order chi connectivity index (χ0) is 27.7. The number of nitrogens with one attached hydrogen (secondary N) is 1. The maximum atomic E-state index is 15.3. The minimum atomic E-state index is -2.85. The molecule has 2 fully saturated rings. The van der Waals surface area contributed by atoms with Crippen LogP contribution in [0, 0.1) is 29.5 Å². The SMILES string of the molecule is CN(C)[C@@H]1C(=O)C(C(N)=O)C(=O)[C@@]2(O)C(=O)C3C(=O)c4c(O)c(Nc5ccncn5)cc(F)c4C[C@H]3C[C@@H]12. The zero-order valence-corrected chi connectivity index (χ0v) is 20.3. The number of likely N-dealkylation sites (N-methyl/N-ethyl adjacent to an activating group) is 1. The average molecular weight is 525 g/mol. The minimum Gasteiger partial charge on any atom is -0.505 e. The van der Waals surface area contributed by atoms with Gasteiger partial charge in [-0.25, -0.2) is 14.4 Å². The molecule has 5 N–H and O–H groups in total. The normalized spacial score (nSPS) is 30.5. The molecular weight excluding hydrogens is 501 g/mol. The molecule has 0 spiro atoms. The number of benzene rings is 1. The Labute approximate surface area is 215 Å². The van der Waals surface area contributed by atoms with Crippen molar-refractivity contribution >= 4 is 40.5 Å². The first-order chi connectivity index (χ1) is 17.9. The highest BCUT2D eigenvalue weighted by molar-refractivity contribution is 6.32. The molecule has 0 aliphatic heterocycles. The van der Waals surface area contributed by atoms with Crippen LogP contribution >= 0.6 is 0 Å². The summed E-state index contributed by atoms with van der Waals surface area (Å²) < 4.78 is 15.3. The number of carbonyl (C=O) groups excluding carboxylic acids is 5. The fourth-order valence-corrected chi connectivity index (χ4v) is 6.22. The van der Waals surface area contributed by atoms with E-state index in [2.05, 4.69) is 15.3 Å². The van der Waals surface area contributed by atoms with Crippen molar-refractivity contribution in [1.82, 2.24) is 14.9 Å². The molecule has 3 aliphatic rings. The number of carbonyl (C=O) groups is 5. The van der Waals surface area contributed by atoms with Crippen molar-refractivity contribution in [3.05, 3.63) is 41.6 Å². The van der Waals surface area contributed by atoms with E-state index in [0.717, 1.165) is 6.07 Å². The number of halogens is 1. The van der Waals surface area contributed by atoms with Gasteiger partial charge in [-0.2, -0.15) is 0 Å². The van der Waals surface area contributed by atoms with Crippen molar-refractivity contribution in [3.8, 4) is 5.75 Å². The van der Waals surface area contributed by atoms with E-state index in [9.17, 15) is 34.2 Å². The molecule has 13 heteroatoms. The number of nitrogens with two attached hydrogens (primary N) is 1. The number of anilines is 2. The number of aromatic hydroxyl groups is 1. The summed E-state index contributed by atoms with van der Waals surface area (Å²) >= 11 is 0. The Morgan fingerprint density at radius 3 is 2.55 bits per heavy atom. The highest BCUT2D eigenvalue weighted by atomic mass is 19.1. The van der Waals surface area contributed by atoms with Crippen LogP contribution in [-0.2, 0) is 25.6 Å². The first kappa shape index (κ1) is 25.5. The van der Waals surface area contributed by atoms with Crippen LogP contribution in [0.3, 0.4) is 0 Å². The Hall–Kier alpha value is -4.10. The maximum absolute atomic E-state index is 15.3. The number of Topliss-reactive ketones (excluding diaryl/α,β-unsaturated/α-hetero) is 4. The molecule has 198 valence electrons. The van der Waals surface area contributed by atoms with Gasteiger partial charge in [0.1, 0.15) is 23.7 Å². The van der Waals surface area contributed by atoms with Crippen LogP contribution in [0.4, 0.5) is 15.9 Å². The third kappa shape index (κ3) is 3.45. The quantitative estimate of drug-likeness (QED) is 0.298. The van der Waals surface area contributed by atoms with E-state index in [0.29, 0.717) is 0 Å².